The molecule has 0 aromatic heterocycles. The van der Waals surface area contributed by atoms with Gasteiger partial charge < -0.3 is 31.7 Å². The van der Waals surface area contributed by atoms with E-state index < -0.39 is 36.5 Å². The monoisotopic (exact) mass is 443 g/mol. The maximum Gasteiger partial charge on any atom is 0.479 e. The van der Waals surface area contributed by atoms with Crippen LogP contribution >= 0.6 is 0 Å². The van der Waals surface area contributed by atoms with Gasteiger partial charge in [0.2, 0.25) is 17.7 Å². The molecular weight excluding hydrogens is 413 g/mol. The van der Waals surface area contributed by atoms with Crippen molar-refractivity contribution in [3.63, 3.8) is 0 Å². The number of rotatable bonds is 9. The third kappa shape index (κ3) is 4.94. The van der Waals surface area contributed by atoms with Gasteiger partial charge >= 0.3 is 7.12 Å². The SMILES string of the molecule is CC(=O)N[C@@H](C)C(=O)N[C@H](C(=O)NC1(B(O)O)CC1c1ccc(C(=N)N)cc1)C1CCC1. The lowest BCUT2D eigenvalue weighted by atomic mass is 9.72. The van der Waals surface area contributed by atoms with Gasteiger partial charge in [0.05, 0.1) is 5.44 Å². The van der Waals surface area contributed by atoms with Crippen LogP contribution in [0.1, 0.15) is 56.6 Å². The minimum Gasteiger partial charge on any atom is -0.426 e. The molecule has 2 aliphatic carbocycles. The maximum absolute atomic E-state index is 13.2. The first-order chi connectivity index (χ1) is 15.0. The lowest BCUT2D eigenvalue weighted by Gasteiger charge is -2.35. The van der Waals surface area contributed by atoms with E-state index in [9.17, 15) is 24.4 Å². The van der Waals surface area contributed by atoms with Gasteiger partial charge in [0, 0.05) is 18.4 Å². The number of nitrogens with two attached hydrogens (primary N) is 1. The maximum atomic E-state index is 13.2. The number of nitrogens with one attached hydrogen (secondary N) is 4. The second-order valence-corrected chi connectivity index (χ2v) is 8.80. The molecule has 1 aromatic rings. The number of carbonyl (C=O) groups excluding carboxylic acids is 3. The summed E-state index contributed by atoms with van der Waals surface area (Å²) in [5, 5.41) is 35.6. The van der Waals surface area contributed by atoms with Crippen molar-refractivity contribution < 1.29 is 24.4 Å². The highest BCUT2D eigenvalue weighted by Crippen LogP contribution is 2.52. The van der Waals surface area contributed by atoms with Crippen molar-refractivity contribution >= 4 is 30.7 Å². The largest absolute Gasteiger partial charge is 0.479 e. The van der Waals surface area contributed by atoms with Crippen LogP contribution in [0.2, 0.25) is 0 Å². The number of amides is 3. The molecule has 0 spiro atoms. The van der Waals surface area contributed by atoms with E-state index >= 15 is 0 Å². The Morgan fingerprint density at radius 3 is 2.25 bits per heavy atom. The van der Waals surface area contributed by atoms with Gasteiger partial charge in [0.15, 0.2) is 0 Å². The Balaban J connectivity index is 1.72. The average molecular weight is 443 g/mol. The highest BCUT2D eigenvalue weighted by molar-refractivity contribution is 6.48. The van der Waals surface area contributed by atoms with E-state index in [4.69, 9.17) is 11.1 Å². The summed E-state index contributed by atoms with van der Waals surface area (Å²) in [4.78, 5) is 36.9. The molecule has 32 heavy (non-hydrogen) atoms. The number of benzene rings is 1. The minimum absolute atomic E-state index is 0.0524. The number of amidine groups is 1. The molecular formula is C21H30BN5O5. The first kappa shape index (κ1) is 23.7. The lowest BCUT2D eigenvalue weighted by molar-refractivity contribution is -0.133. The molecule has 0 saturated heterocycles. The summed E-state index contributed by atoms with van der Waals surface area (Å²) >= 11 is 0. The van der Waals surface area contributed by atoms with Crippen molar-refractivity contribution in [2.45, 2.75) is 63.0 Å². The van der Waals surface area contributed by atoms with Crippen LogP contribution in [0.15, 0.2) is 24.3 Å². The van der Waals surface area contributed by atoms with Crippen LogP contribution in [-0.4, -0.2) is 58.2 Å². The predicted molar refractivity (Wildman–Crippen MR) is 118 cm³/mol. The van der Waals surface area contributed by atoms with Crippen molar-refractivity contribution in [2.24, 2.45) is 11.7 Å². The number of hydrogen-bond acceptors (Lipinski definition) is 6. The highest BCUT2D eigenvalue weighted by atomic mass is 16.4. The summed E-state index contributed by atoms with van der Waals surface area (Å²) in [6, 6.07) is 5.22. The van der Waals surface area contributed by atoms with E-state index in [1.165, 1.54) is 13.8 Å². The van der Waals surface area contributed by atoms with E-state index in [1.807, 2.05) is 0 Å². The normalized spacial score (nSPS) is 23.8. The fourth-order valence-electron chi connectivity index (χ4n) is 4.20. The van der Waals surface area contributed by atoms with Crippen molar-refractivity contribution in [3.8, 4) is 0 Å². The highest BCUT2D eigenvalue weighted by Gasteiger charge is 2.64. The van der Waals surface area contributed by atoms with Gasteiger partial charge in [0.1, 0.15) is 17.9 Å². The van der Waals surface area contributed by atoms with Gasteiger partial charge in [0.25, 0.3) is 0 Å². The standard InChI is InChI=1S/C21H30BN5O5/c1-11(25-12(2)28)19(29)26-17(14-4-3-5-14)20(30)27-21(22(31)32)10-16(21)13-6-8-15(9-7-13)18(23)24/h6-9,11,14,16-17,31-32H,3-5,10H2,1-2H3,(H3,23,24)(H,25,28)(H,26,29)(H,27,30)/t11-,16?,17-,21?/m0/s1. The van der Waals surface area contributed by atoms with Crippen LogP contribution in [0.4, 0.5) is 0 Å². The average Bonchev–Trinajstić information content (AvgIpc) is 3.41. The molecule has 0 radical (unpaired) electrons. The van der Waals surface area contributed by atoms with Crippen LogP contribution in [0.5, 0.6) is 0 Å². The molecule has 3 rings (SSSR count). The van der Waals surface area contributed by atoms with Gasteiger partial charge in [-0.15, -0.1) is 0 Å². The molecule has 4 atom stereocenters. The minimum atomic E-state index is -1.79. The van der Waals surface area contributed by atoms with Crippen LogP contribution in [-0.2, 0) is 14.4 Å². The zero-order chi connectivity index (χ0) is 23.6. The van der Waals surface area contributed by atoms with Gasteiger partial charge in [-0.25, -0.2) is 0 Å². The van der Waals surface area contributed by atoms with Gasteiger partial charge in [-0.2, -0.15) is 0 Å². The molecule has 11 heteroatoms. The fourth-order valence-corrected chi connectivity index (χ4v) is 4.20. The molecule has 0 bridgehead atoms. The quantitative estimate of drug-likeness (QED) is 0.148. The molecule has 172 valence electrons. The van der Waals surface area contributed by atoms with E-state index in [1.54, 1.807) is 24.3 Å². The van der Waals surface area contributed by atoms with E-state index in [0.29, 0.717) is 12.0 Å². The third-order valence-electron chi connectivity index (χ3n) is 6.46. The van der Waals surface area contributed by atoms with Crippen LogP contribution in [0, 0.1) is 11.3 Å². The fraction of sp³-hybridized carbons (Fsp3) is 0.524. The molecule has 2 unspecified atom stereocenters. The van der Waals surface area contributed by atoms with Crippen LogP contribution in [0.25, 0.3) is 0 Å². The van der Waals surface area contributed by atoms with Crippen molar-refractivity contribution in [1.82, 2.24) is 16.0 Å². The summed E-state index contributed by atoms with van der Waals surface area (Å²) in [6.45, 7) is 2.84. The second-order valence-electron chi connectivity index (χ2n) is 8.80. The molecule has 3 amide bonds. The molecule has 8 N–H and O–H groups in total. The molecule has 2 aliphatic rings. The Labute approximate surface area is 187 Å². The number of carbonyl (C=O) groups is 3. The second kappa shape index (κ2) is 9.29. The first-order valence-electron chi connectivity index (χ1n) is 10.7. The van der Waals surface area contributed by atoms with Crippen LogP contribution in [0.3, 0.4) is 0 Å². The summed E-state index contributed by atoms with van der Waals surface area (Å²) in [6.07, 6.45) is 2.82. The molecule has 2 fully saturated rings. The van der Waals surface area contributed by atoms with Crippen molar-refractivity contribution in [1.29, 1.82) is 5.41 Å². The summed E-state index contributed by atoms with van der Waals surface area (Å²) in [5.41, 5.74) is 5.55. The summed E-state index contributed by atoms with van der Waals surface area (Å²) < 4.78 is 0. The molecule has 1 aromatic carbocycles. The third-order valence-corrected chi connectivity index (χ3v) is 6.46. The zero-order valence-electron chi connectivity index (χ0n) is 18.2. The molecule has 0 heterocycles. The Morgan fingerprint density at radius 2 is 1.78 bits per heavy atom. The van der Waals surface area contributed by atoms with E-state index in [2.05, 4.69) is 16.0 Å². The molecule has 0 aliphatic heterocycles. The first-order valence-corrected chi connectivity index (χ1v) is 10.7. The number of hydrogen-bond donors (Lipinski definition) is 7. The van der Waals surface area contributed by atoms with Gasteiger partial charge in [-0.05, 0) is 37.7 Å². The van der Waals surface area contributed by atoms with Gasteiger partial charge in [-0.1, -0.05) is 30.7 Å². The van der Waals surface area contributed by atoms with Crippen molar-refractivity contribution in [2.75, 3.05) is 0 Å². The van der Waals surface area contributed by atoms with Gasteiger partial charge in [-0.3, -0.25) is 19.8 Å². The zero-order valence-corrected chi connectivity index (χ0v) is 18.2. The van der Waals surface area contributed by atoms with Crippen LogP contribution < -0.4 is 21.7 Å². The Kier molecular flexibility index (Phi) is 6.89. The summed E-state index contributed by atoms with van der Waals surface area (Å²) in [7, 11) is -1.79. The number of nitrogen functional groups attached to an aromatic ring is 1. The Morgan fingerprint density at radius 1 is 1.16 bits per heavy atom. The Bertz CT molecular complexity index is 904. The van der Waals surface area contributed by atoms with E-state index in [-0.39, 0.29) is 23.6 Å². The van der Waals surface area contributed by atoms with Crippen molar-refractivity contribution in [3.05, 3.63) is 35.4 Å². The van der Waals surface area contributed by atoms with E-state index in [0.717, 1.165) is 24.8 Å². The molecule has 2 saturated carbocycles. The Hall–Kier alpha value is -2.92. The predicted octanol–water partition coefficient (Wildman–Crippen LogP) is -0.866. The summed E-state index contributed by atoms with van der Waals surface area (Å²) in [5.74, 6) is -1.75. The smallest absolute Gasteiger partial charge is 0.426 e. The lowest BCUT2D eigenvalue weighted by Crippen LogP contribution is -2.60. The topological polar surface area (TPSA) is 178 Å². The molecule has 10 nitrogen and oxygen atoms in total.